The van der Waals surface area contributed by atoms with Gasteiger partial charge in [0.25, 0.3) is 0 Å². The van der Waals surface area contributed by atoms with Gasteiger partial charge in [0.1, 0.15) is 0 Å². The smallest absolute Gasteiger partial charge is 0.0931 e. The number of ether oxygens (including phenoxy) is 1. The molecule has 0 bridgehead atoms. The molecule has 1 aromatic carbocycles. The van der Waals surface area contributed by atoms with Gasteiger partial charge in [0.05, 0.1) is 19.3 Å². The van der Waals surface area contributed by atoms with Gasteiger partial charge in [-0.3, -0.25) is 4.90 Å². The molecule has 2 saturated heterocycles. The van der Waals surface area contributed by atoms with Crippen LogP contribution >= 0.6 is 11.6 Å². The van der Waals surface area contributed by atoms with Crippen LogP contribution in [0.4, 0.5) is 0 Å². The number of nitrogens with zero attached hydrogens (tertiary/aromatic N) is 2. The SMILES string of the molecule is OC(CN1CCC(CN2CCOCC2)CC1)c1ccccc1Cl. The molecular formula is C18H27ClN2O2. The molecule has 2 aliphatic heterocycles. The highest BCUT2D eigenvalue weighted by Crippen LogP contribution is 2.25. The van der Waals surface area contributed by atoms with E-state index in [1.165, 1.54) is 19.4 Å². The van der Waals surface area contributed by atoms with Crippen molar-refractivity contribution in [2.24, 2.45) is 5.92 Å². The molecule has 0 spiro atoms. The first-order valence-electron chi connectivity index (χ1n) is 8.67. The first-order valence-corrected chi connectivity index (χ1v) is 9.05. The van der Waals surface area contributed by atoms with Crippen molar-refractivity contribution >= 4 is 11.6 Å². The van der Waals surface area contributed by atoms with Crippen LogP contribution in [0, 0.1) is 5.92 Å². The fraction of sp³-hybridized carbons (Fsp3) is 0.667. The molecule has 128 valence electrons. The Morgan fingerprint density at radius 1 is 1.09 bits per heavy atom. The molecule has 1 atom stereocenters. The molecule has 1 N–H and O–H groups in total. The number of aliphatic hydroxyl groups is 1. The average Bonchev–Trinajstić information content (AvgIpc) is 2.58. The third-order valence-corrected chi connectivity index (χ3v) is 5.37. The number of rotatable bonds is 5. The van der Waals surface area contributed by atoms with Gasteiger partial charge >= 0.3 is 0 Å². The van der Waals surface area contributed by atoms with Crippen LogP contribution in [-0.2, 0) is 4.74 Å². The third-order valence-electron chi connectivity index (χ3n) is 5.02. The van der Waals surface area contributed by atoms with Crippen LogP contribution in [-0.4, -0.2) is 67.4 Å². The minimum Gasteiger partial charge on any atom is -0.387 e. The van der Waals surface area contributed by atoms with Crippen LogP contribution in [0.2, 0.25) is 5.02 Å². The second-order valence-electron chi connectivity index (χ2n) is 6.69. The fourth-order valence-electron chi connectivity index (χ4n) is 3.59. The molecular weight excluding hydrogens is 312 g/mol. The van der Waals surface area contributed by atoms with Gasteiger partial charge in [-0.05, 0) is 37.9 Å². The lowest BCUT2D eigenvalue weighted by Crippen LogP contribution is -2.43. The van der Waals surface area contributed by atoms with E-state index < -0.39 is 6.10 Å². The molecule has 3 rings (SSSR count). The summed E-state index contributed by atoms with van der Waals surface area (Å²) in [7, 11) is 0. The van der Waals surface area contributed by atoms with Gasteiger partial charge in [0.15, 0.2) is 0 Å². The zero-order chi connectivity index (χ0) is 16.1. The van der Waals surface area contributed by atoms with E-state index in [4.69, 9.17) is 16.3 Å². The first-order chi connectivity index (χ1) is 11.2. The summed E-state index contributed by atoms with van der Waals surface area (Å²) in [5.74, 6) is 0.779. The lowest BCUT2D eigenvalue weighted by molar-refractivity contribution is 0.0217. The molecule has 2 fully saturated rings. The molecule has 1 aromatic rings. The molecule has 1 unspecified atom stereocenters. The maximum absolute atomic E-state index is 10.4. The topological polar surface area (TPSA) is 35.9 Å². The van der Waals surface area contributed by atoms with Gasteiger partial charge in [-0.2, -0.15) is 0 Å². The van der Waals surface area contributed by atoms with Crippen LogP contribution < -0.4 is 0 Å². The molecule has 5 heteroatoms. The first kappa shape index (κ1) is 17.2. The largest absolute Gasteiger partial charge is 0.387 e. The Bertz CT molecular complexity index is 486. The summed E-state index contributed by atoms with van der Waals surface area (Å²) in [6.07, 6.45) is 1.93. The number of aliphatic hydroxyl groups excluding tert-OH is 1. The number of β-amino-alcohol motifs (C(OH)–C–C–N with tert-alkyl or cyclic N) is 1. The number of likely N-dealkylation sites (tertiary alicyclic amines) is 1. The summed E-state index contributed by atoms with van der Waals surface area (Å²) in [5.41, 5.74) is 0.838. The predicted molar refractivity (Wildman–Crippen MR) is 92.8 cm³/mol. The summed E-state index contributed by atoms with van der Waals surface area (Å²) in [6, 6.07) is 7.58. The van der Waals surface area contributed by atoms with Crippen LogP contribution in [0.5, 0.6) is 0 Å². The summed E-state index contributed by atoms with van der Waals surface area (Å²) in [4.78, 5) is 4.90. The van der Waals surface area contributed by atoms with E-state index >= 15 is 0 Å². The summed E-state index contributed by atoms with van der Waals surface area (Å²) >= 11 is 6.17. The monoisotopic (exact) mass is 338 g/mol. The van der Waals surface area contributed by atoms with E-state index in [-0.39, 0.29) is 0 Å². The van der Waals surface area contributed by atoms with Crippen LogP contribution in [0.25, 0.3) is 0 Å². The second-order valence-corrected chi connectivity index (χ2v) is 7.10. The van der Waals surface area contributed by atoms with E-state index in [0.717, 1.165) is 50.9 Å². The van der Waals surface area contributed by atoms with E-state index in [1.54, 1.807) is 0 Å². The molecule has 0 aliphatic carbocycles. The molecule has 0 saturated carbocycles. The molecule has 2 aliphatic rings. The van der Waals surface area contributed by atoms with Gasteiger partial charge in [0, 0.05) is 36.8 Å². The third kappa shape index (κ3) is 4.91. The molecule has 23 heavy (non-hydrogen) atoms. The quantitative estimate of drug-likeness (QED) is 0.894. The van der Waals surface area contributed by atoms with Gasteiger partial charge < -0.3 is 14.7 Å². The maximum Gasteiger partial charge on any atom is 0.0931 e. The Morgan fingerprint density at radius 2 is 1.78 bits per heavy atom. The average molecular weight is 339 g/mol. The van der Waals surface area contributed by atoms with Crippen LogP contribution in [0.1, 0.15) is 24.5 Å². The minimum atomic E-state index is -0.500. The molecule has 0 radical (unpaired) electrons. The Hall–Kier alpha value is -0.650. The zero-order valence-electron chi connectivity index (χ0n) is 13.7. The van der Waals surface area contributed by atoms with Crippen molar-refractivity contribution in [2.75, 3.05) is 52.5 Å². The van der Waals surface area contributed by atoms with Crippen molar-refractivity contribution in [1.82, 2.24) is 9.80 Å². The molecule has 0 amide bonds. The minimum absolute atomic E-state index is 0.500. The Kier molecular flexibility index (Phi) is 6.31. The number of hydrogen-bond donors (Lipinski definition) is 1. The van der Waals surface area contributed by atoms with Gasteiger partial charge in [0.2, 0.25) is 0 Å². The predicted octanol–water partition coefficient (Wildman–Crippen LogP) is 2.42. The van der Waals surface area contributed by atoms with Crippen molar-refractivity contribution in [3.05, 3.63) is 34.9 Å². The Morgan fingerprint density at radius 3 is 2.48 bits per heavy atom. The van der Waals surface area contributed by atoms with Crippen molar-refractivity contribution in [1.29, 1.82) is 0 Å². The summed E-state index contributed by atoms with van der Waals surface area (Å²) in [6.45, 7) is 7.91. The van der Waals surface area contributed by atoms with Crippen molar-refractivity contribution in [3.63, 3.8) is 0 Å². The van der Waals surface area contributed by atoms with E-state index in [9.17, 15) is 5.11 Å². The number of piperidine rings is 1. The van der Waals surface area contributed by atoms with Crippen molar-refractivity contribution < 1.29 is 9.84 Å². The highest BCUT2D eigenvalue weighted by Gasteiger charge is 2.24. The number of benzene rings is 1. The molecule has 0 aromatic heterocycles. The van der Waals surface area contributed by atoms with Crippen LogP contribution in [0.3, 0.4) is 0 Å². The Balaban J connectivity index is 1.43. The van der Waals surface area contributed by atoms with E-state index in [1.807, 2.05) is 24.3 Å². The number of halogens is 1. The van der Waals surface area contributed by atoms with Gasteiger partial charge in [-0.15, -0.1) is 0 Å². The number of morpholine rings is 1. The van der Waals surface area contributed by atoms with E-state index in [0.29, 0.717) is 11.6 Å². The zero-order valence-corrected chi connectivity index (χ0v) is 14.4. The molecule has 4 nitrogen and oxygen atoms in total. The van der Waals surface area contributed by atoms with Crippen LogP contribution in [0.15, 0.2) is 24.3 Å². The summed E-state index contributed by atoms with van der Waals surface area (Å²) in [5, 5.41) is 11.1. The van der Waals surface area contributed by atoms with Crippen molar-refractivity contribution in [3.8, 4) is 0 Å². The lowest BCUT2D eigenvalue weighted by atomic mass is 9.95. The standard InChI is InChI=1S/C18H27ClN2O2/c19-17-4-2-1-3-16(17)18(22)14-20-7-5-15(6-8-20)13-21-9-11-23-12-10-21/h1-4,15,18,22H,5-14H2. The second kappa shape index (κ2) is 8.45. The highest BCUT2D eigenvalue weighted by molar-refractivity contribution is 6.31. The van der Waals surface area contributed by atoms with Gasteiger partial charge in [-0.25, -0.2) is 0 Å². The van der Waals surface area contributed by atoms with E-state index in [2.05, 4.69) is 9.80 Å². The Labute approximate surface area is 144 Å². The van der Waals surface area contributed by atoms with Crippen molar-refractivity contribution in [2.45, 2.75) is 18.9 Å². The maximum atomic E-state index is 10.4. The fourth-order valence-corrected chi connectivity index (χ4v) is 3.85. The number of hydrogen-bond acceptors (Lipinski definition) is 4. The highest BCUT2D eigenvalue weighted by atomic mass is 35.5. The summed E-state index contributed by atoms with van der Waals surface area (Å²) < 4.78 is 5.41. The lowest BCUT2D eigenvalue weighted by Gasteiger charge is -2.36. The van der Waals surface area contributed by atoms with Gasteiger partial charge in [-0.1, -0.05) is 29.8 Å². The molecule has 2 heterocycles. The normalized spacial score (nSPS) is 23.0.